The summed E-state index contributed by atoms with van der Waals surface area (Å²) in [5, 5.41) is 46.9. The lowest BCUT2D eigenvalue weighted by atomic mass is 10.0. The van der Waals surface area contributed by atoms with E-state index in [0.29, 0.717) is 5.57 Å². The number of carboxylic acids is 2. The highest BCUT2D eigenvalue weighted by molar-refractivity contribution is 8.01. The second-order valence-corrected chi connectivity index (χ2v) is 12.9. The summed E-state index contributed by atoms with van der Waals surface area (Å²) in [5.74, 6) is -5.04. The largest absolute Gasteiger partial charge is 0.543 e. The number of carboxylic acid groups (broad SMARTS) is 2. The number of aromatic hydroxyl groups is 2. The molecule has 2 aliphatic heterocycles. The number of carbonyl (C=O) groups is 5. The molecule has 3 aromatic rings. The molecule has 6 N–H and O–H groups in total. The second kappa shape index (κ2) is 14.1. The van der Waals surface area contributed by atoms with Crippen LogP contribution in [-0.4, -0.2) is 90.0 Å². The van der Waals surface area contributed by atoms with E-state index < -0.39 is 53.2 Å². The third kappa shape index (κ3) is 7.47. The average Bonchev–Trinajstić information content (AvgIpc) is 3.47. The molecule has 0 radical (unpaired) electrons. The summed E-state index contributed by atoms with van der Waals surface area (Å²) >= 11 is 3.56. The smallest absolute Gasteiger partial charge is 0.344 e. The molecule has 244 valence electrons. The molecule has 0 bridgehead atoms. The number of aliphatic carboxylic acids is 2. The van der Waals surface area contributed by atoms with Crippen molar-refractivity contribution in [3.8, 4) is 11.5 Å². The molecular weight excluding hydrogens is 677 g/mol. The zero-order valence-electron chi connectivity index (χ0n) is 23.9. The first-order valence-electron chi connectivity index (χ1n) is 13.4. The van der Waals surface area contributed by atoms with Crippen molar-refractivity contribution in [1.29, 1.82) is 0 Å². The molecule has 2 amide bonds. The molecule has 4 heterocycles. The van der Waals surface area contributed by atoms with E-state index in [1.807, 2.05) is 0 Å². The summed E-state index contributed by atoms with van der Waals surface area (Å²) in [6.07, 6.45) is 3.33. The fraction of sp³-hybridized carbons (Fsp3) is 0.214. The predicted molar refractivity (Wildman–Crippen MR) is 165 cm³/mol. The Morgan fingerprint density at radius 1 is 1.19 bits per heavy atom. The summed E-state index contributed by atoms with van der Waals surface area (Å²) in [5.41, 5.74) is 5.62. The number of nitrogens with one attached hydrogen (secondary N) is 1. The number of phenols is 2. The Labute approximate surface area is 277 Å². The third-order valence-electron chi connectivity index (χ3n) is 6.75. The molecule has 16 nitrogen and oxygen atoms in total. The van der Waals surface area contributed by atoms with Gasteiger partial charge in [0.25, 0.3) is 11.8 Å². The van der Waals surface area contributed by atoms with E-state index in [2.05, 4.69) is 15.5 Å². The lowest BCUT2D eigenvalue weighted by molar-refractivity contribution is -0.683. The van der Waals surface area contributed by atoms with Crippen molar-refractivity contribution in [2.45, 2.75) is 22.9 Å². The van der Waals surface area contributed by atoms with Crippen LogP contribution in [0.1, 0.15) is 16.1 Å². The monoisotopic (exact) mass is 700 g/mol. The minimum Gasteiger partial charge on any atom is -0.543 e. The Bertz CT molecular complexity index is 1830. The Kier molecular flexibility index (Phi) is 9.97. The molecule has 0 unspecified atom stereocenters. The first kappa shape index (κ1) is 33.2. The number of hydrogen-bond acceptors (Lipinski definition) is 15. The lowest BCUT2D eigenvalue weighted by Crippen LogP contribution is -2.71. The number of aromatic nitrogens is 2. The molecule has 19 heteroatoms. The number of pyridine rings is 1. The predicted octanol–water partition coefficient (Wildman–Crippen LogP) is -0.692. The topological polar surface area (TPSA) is 249 Å². The number of carbonyl (C=O) groups excluding carboxylic acids is 4. The lowest BCUT2D eigenvalue weighted by Gasteiger charge is -2.50. The number of Topliss-reactive ketones (excluding diaryl/α,β-unsaturated/α-hetero) is 1. The highest BCUT2D eigenvalue weighted by Crippen LogP contribution is 2.41. The summed E-state index contributed by atoms with van der Waals surface area (Å²) < 4.78 is 1.62. The molecular formula is C28H24N6O10S3. The summed E-state index contributed by atoms with van der Waals surface area (Å²) in [6.45, 7) is -0.857. The minimum atomic E-state index is -1.55. The number of thiazole rings is 1. The van der Waals surface area contributed by atoms with Crippen LogP contribution in [0.3, 0.4) is 0 Å². The fourth-order valence-electron chi connectivity index (χ4n) is 4.52. The Hall–Kier alpha value is -5.14. The number of amides is 2. The highest BCUT2D eigenvalue weighted by atomic mass is 32.2. The Balaban J connectivity index is 1.22. The number of nitrogens with zero attached hydrogens (tertiary/aromatic N) is 4. The van der Waals surface area contributed by atoms with Crippen molar-refractivity contribution in [2.75, 3.05) is 23.8 Å². The molecule has 2 aromatic heterocycles. The van der Waals surface area contributed by atoms with E-state index in [-0.39, 0.29) is 51.7 Å². The molecule has 0 saturated carbocycles. The number of oxime groups is 1. The summed E-state index contributed by atoms with van der Waals surface area (Å²) in [7, 11) is 0. The molecule has 2 atom stereocenters. The SMILES string of the molecule is Nc1nc(/C(=N/OCC(=O)O)C(=O)N[C@@H]2C(=O)N3C(C(=O)[O-])=C(CSc4cc[n+](CC(=O)c5ccc(O)c(O)c5)cc4)CS[C@H]23)cs1. The number of phenolic OH excluding ortho intramolecular Hbond substituents is 2. The maximum Gasteiger partial charge on any atom is 0.344 e. The number of nitrogens with two attached hydrogens (primary N) is 1. The van der Waals surface area contributed by atoms with Gasteiger partial charge in [-0.05, 0) is 23.8 Å². The zero-order chi connectivity index (χ0) is 33.8. The van der Waals surface area contributed by atoms with Crippen molar-refractivity contribution < 1.29 is 53.8 Å². The number of fused-ring (bicyclic) bond motifs is 1. The van der Waals surface area contributed by atoms with Crippen LogP contribution >= 0.6 is 34.9 Å². The van der Waals surface area contributed by atoms with Gasteiger partial charge in [-0.2, -0.15) is 4.57 Å². The van der Waals surface area contributed by atoms with Gasteiger partial charge < -0.3 is 41.1 Å². The molecule has 1 fully saturated rings. The standard InChI is InChI=1S/C28H24N6O10S3/c29-28-30-16(12-47-28)21(32-44-9-20(38)39)24(40)31-22-25(41)34-23(27(42)43)14(11-46-26(22)34)10-45-15-3-5-33(6-4-15)8-19(37)13-1-2-17(35)18(36)7-13/h1-7,12,22,26H,8-11H2,(H6-,29,30,31,32,35,36,37,38,39,40,42,43)/t22-,26-/m1/s1. The minimum absolute atomic E-state index is 0.000563. The number of nitrogen functional groups attached to an aromatic ring is 1. The number of benzene rings is 1. The van der Waals surface area contributed by atoms with Gasteiger partial charge in [0.1, 0.15) is 17.1 Å². The van der Waals surface area contributed by atoms with E-state index >= 15 is 0 Å². The zero-order valence-corrected chi connectivity index (χ0v) is 26.3. The van der Waals surface area contributed by atoms with E-state index in [0.717, 1.165) is 21.1 Å². The van der Waals surface area contributed by atoms with Gasteiger partial charge in [-0.15, -0.1) is 34.9 Å². The number of thioether (sulfide) groups is 2. The molecule has 1 aromatic carbocycles. The average molecular weight is 701 g/mol. The quantitative estimate of drug-likeness (QED) is 0.0282. The van der Waals surface area contributed by atoms with Crippen LogP contribution in [0.2, 0.25) is 0 Å². The fourth-order valence-corrected chi connectivity index (χ4v) is 7.43. The van der Waals surface area contributed by atoms with Crippen molar-refractivity contribution in [3.05, 3.63) is 70.6 Å². The van der Waals surface area contributed by atoms with Gasteiger partial charge in [-0.1, -0.05) is 5.16 Å². The van der Waals surface area contributed by atoms with Gasteiger partial charge in [0.15, 0.2) is 34.7 Å². The van der Waals surface area contributed by atoms with Crippen molar-refractivity contribution >= 4 is 75.2 Å². The highest BCUT2D eigenvalue weighted by Gasteiger charge is 2.53. The molecule has 0 spiro atoms. The van der Waals surface area contributed by atoms with Crippen molar-refractivity contribution in [3.63, 3.8) is 0 Å². The first-order valence-corrected chi connectivity index (χ1v) is 16.3. The normalized spacial score (nSPS) is 17.5. The van der Waals surface area contributed by atoms with Crippen molar-refractivity contribution in [2.24, 2.45) is 5.16 Å². The Morgan fingerprint density at radius 3 is 2.57 bits per heavy atom. The summed E-state index contributed by atoms with van der Waals surface area (Å²) in [6, 6.07) is 6.17. The van der Waals surface area contributed by atoms with Gasteiger partial charge >= 0.3 is 5.97 Å². The van der Waals surface area contributed by atoms with E-state index in [4.69, 9.17) is 15.7 Å². The number of ketones is 1. The van der Waals surface area contributed by atoms with Crippen LogP contribution in [0.4, 0.5) is 5.13 Å². The molecule has 0 aliphatic carbocycles. The molecule has 1 saturated heterocycles. The van der Waals surface area contributed by atoms with Crippen molar-refractivity contribution in [1.82, 2.24) is 15.2 Å². The number of hydrogen-bond donors (Lipinski definition) is 5. The van der Waals surface area contributed by atoms with Gasteiger partial charge in [0.2, 0.25) is 18.9 Å². The van der Waals surface area contributed by atoms with Gasteiger partial charge in [0, 0.05) is 39.5 Å². The number of rotatable bonds is 13. The van der Waals surface area contributed by atoms with Crippen LogP contribution in [0.5, 0.6) is 11.5 Å². The third-order valence-corrected chi connectivity index (χ3v) is 9.86. The molecule has 2 aliphatic rings. The van der Waals surface area contributed by atoms with Gasteiger partial charge in [-0.25, -0.2) is 9.78 Å². The van der Waals surface area contributed by atoms with E-state index in [1.54, 1.807) is 29.1 Å². The van der Waals surface area contributed by atoms with Crippen LogP contribution in [0, 0.1) is 0 Å². The van der Waals surface area contributed by atoms with E-state index in [9.17, 15) is 39.3 Å². The summed E-state index contributed by atoms with van der Waals surface area (Å²) in [4.78, 5) is 72.2. The molecule has 47 heavy (non-hydrogen) atoms. The van der Waals surface area contributed by atoms with Crippen LogP contribution in [0.25, 0.3) is 0 Å². The maximum atomic E-state index is 13.1. The maximum absolute atomic E-state index is 13.1. The van der Waals surface area contributed by atoms with Crippen LogP contribution in [0.15, 0.2) is 69.4 Å². The van der Waals surface area contributed by atoms with Crippen LogP contribution in [-0.2, 0) is 30.6 Å². The van der Waals surface area contributed by atoms with Gasteiger partial charge in [-0.3, -0.25) is 19.3 Å². The second-order valence-electron chi connectivity index (χ2n) is 9.90. The van der Waals surface area contributed by atoms with Gasteiger partial charge in [0.05, 0.1) is 11.7 Å². The van der Waals surface area contributed by atoms with Crippen LogP contribution < -0.4 is 20.7 Å². The van der Waals surface area contributed by atoms with E-state index in [1.165, 1.54) is 47.1 Å². The first-order chi connectivity index (χ1) is 22.4. The Morgan fingerprint density at radius 2 is 1.94 bits per heavy atom. The molecule has 5 rings (SSSR count). The number of β-lactam (4-membered cyclic amide) rings is 1. The number of anilines is 1.